The third kappa shape index (κ3) is 4.82. The van der Waals surface area contributed by atoms with Crippen LogP contribution in [-0.2, 0) is 14.6 Å². The number of ether oxygens (including phenoxy) is 1. The average Bonchev–Trinajstić information content (AvgIpc) is 3.29. The molecule has 35 heavy (non-hydrogen) atoms. The molecule has 0 aliphatic rings. The van der Waals surface area contributed by atoms with Crippen LogP contribution in [-0.4, -0.2) is 36.0 Å². The quantitative estimate of drug-likeness (QED) is 0.307. The number of halogens is 4. The van der Waals surface area contributed by atoms with E-state index in [9.17, 15) is 21.6 Å². The molecule has 0 radical (unpaired) electrons. The summed E-state index contributed by atoms with van der Waals surface area (Å²) in [4.78, 5) is 3.84. The maximum atomic E-state index is 15.2. The zero-order valence-electron chi connectivity index (χ0n) is 18.5. The number of rotatable bonds is 7. The highest BCUT2D eigenvalue weighted by Crippen LogP contribution is 2.30. The molecule has 1 heterocycles. The fourth-order valence-electron chi connectivity index (χ4n) is 3.36. The molecule has 1 unspecified atom stereocenters. The van der Waals surface area contributed by atoms with Gasteiger partial charge >= 0.3 is 5.76 Å². The Labute approximate surface area is 198 Å². The molecule has 6 nitrogen and oxygen atoms in total. The van der Waals surface area contributed by atoms with E-state index in [2.05, 4.69) is 10.1 Å². The van der Waals surface area contributed by atoms with Gasteiger partial charge in [0.25, 0.3) is 0 Å². The summed E-state index contributed by atoms with van der Waals surface area (Å²) in [6, 6.07) is 14.6. The minimum absolute atomic E-state index is 0.0854. The van der Waals surface area contributed by atoms with Gasteiger partial charge in [0, 0.05) is 7.11 Å². The van der Waals surface area contributed by atoms with Crippen molar-refractivity contribution in [3.63, 3.8) is 0 Å². The van der Waals surface area contributed by atoms with Crippen LogP contribution in [0.3, 0.4) is 0 Å². The number of hydrogen-bond acceptors (Lipinski definition) is 5. The number of sulfone groups is 1. The lowest BCUT2D eigenvalue weighted by Gasteiger charge is -2.10. The Bertz CT molecular complexity index is 1450. The molecule has 4 aromatic rings. The predicted molar refractivity (Wildman–Crippen MR) is 121 cm³/mol. The molecule has 0 aliphatic heterocycles. The summed E-state index contributed by atoms with van der Waals surface area (Å²) in [5.74, 6) is -4.27. The second-order valence-electron chi connectivity index (χ2n) is 7.58. The van der Waals surface area contributed by atoms with Gasteiger partial charge in [0.15, 0.2) is 11.6 Å². The highest BCUT2D eigenvalue weighted by atomic mass is 32.2. The Hall–Kier alpha value is -3.57. The van der Waals surface area contributed by atoms with E-state index in [0.717, 1.165) is 12.1 Å². The lowest BCUT2D eigenvalue weighted by molar-refractivity contribution is 0.112. The first-order valence-corrected chi connectivity index (χ1v) is 11.8. The molecule has 11 heteroatoms. The van der Waals surface area contributed by atoms with Crippen LogP contribution in [0.4, 0.5) is 17.6 Å². The minimum atomic E-state index is -4.77. The highest BCUT2D eigenvalue weighted by Gasteiger charge is 2.27. The SMILES string of the molecule is COC(C)c1nc(-c2ccc(-c3ccc(F)cc3)cc2F)n(-c2ccc(S(=O)(=O)C(F)F)cc2)n1. The van der Waals surface area contributed by atoms with Crippen molar-refractivity contribution in [1.82, 2.24) is 14.8 Å². The van der Waals surface area contributed by atoms with Crippen molar-refractivity contribution in [2.24, 2.45) is 0 Å². The number of methoxy groups -OCH3 is 1. The normalized spacial score (nSPS) is 12.8. The lowest BCUT2D eigenvalue weighted by Crippen LogP contribution is -2.11. The predicted octanol–water partition coefficient (Wildman–Crippen LogP) is 5.58. The van der Waals surface area contributed by atoms with Crippen molar-refractivity contribution in [1.29, 1.82) is 0 Å². The molecule has 0 aliphatic carbocycles. The standard InChI is InChI=1S/C24H19F4N3O3S/c1-14(34-2)22-29-23(20-12-5-16(13-21(20)26)15-3-6-17(25)7-4-15)31(30-22)18-8-10-19(11-9-18)35(32,33)24(27)28/h3-14,24H,1-2H3. The fraction of sp³-hybridized carbons (Fsp3) is 0.167. The van der Waals surface area contributed by atoms with Crippen LogP contribution in [0.25, 0.3) is 28.2 Å². The zero-order valence-corrected chi connectivity index (χ0v) is 19.3. The van der Waals surface area contributed by atoms with Gasteiger partial charge in [0.2, 0.25) is 9.84 Å². The number of alkyl halides is 2. The van der Waals surface area contributed by atoms with Crippen LogP contribution in [0, 0.1) is 11.6 Å². The van der Waals surface area contributed by atoms with Gasteiger partial charge < -0.3 is 4.74 Å². The molecule has 4 rings (SSSR count). The molecule has 1 atom stereocenters. The van der Waals surface area contributed by atoms with E-state index in [1.807, 2.05) is 0 Å². The molecule has 0 fully saturated rings. The van der Waals surface area contributed by atoms with Crippen LogP contribution in [0.15, 0.2) is 71.6 Å². The van der Waals surface area contributed by atoms with E-state index in [0.29, 0.717) is 11.1 Å². The number of aromatic nitrogens is 3. The Morgan fingerprint density at radius 1 is 0.914 bits per heavy atom. The van der Waals surface area contributed by atoms with Crippen molar-refractivity contribution >= 4 is 9.84 Å². The number of benzene rings is 3. The summed E-state index contributed by atoms with van der Waals surface area (Å²) in [7, 11) is -3.32. The zero-order chi connectivity index (χ0) is 25.3. The van der Waals surface area contributed by atoms with E-state index in [-0.39, 0.29) is 22.9 Å². The van der Waals surface area contributed by atoms with E-state index < -0.39 is 38.2 Å². The van der Waals surface area contributed by atoms with Gasteiger partial charge in [-0.15, -0.1) is 5.10 Å². The monoisotopic (exact) mass is 505 g/mol. The summed E-state index contributed by atoms with van der Waals surface area (Å²) < 4.78 is 84.2. The van der Waals surface area contributed by atoms with Crippen LogP contribution < -0.4 is 0 Å². The molecule has 0 saturated heterocycles. The largest absolute Gasteiger partial charge is 0.374 e. The van der Waals surface area contributed by atoms with Crippen LogP contribution >= 0.6 is 0 Å². The van der Waals surface area contributed by atoms with E-state index >= 15 is 4.39 Å². The fourth-order valence-corrected chi connectivity index (χ4v) is 4.08. The topological polar surface area (TPSA) is 74.1 Å². The Morgan fingerprint density at radius 2 is 1.54 bits per heavy atom. The highest BCUT2D eigenvalue weighted by molar-refractivity contribution is 7.91. The van der Waals surface area contributed by atoms with E-state index in [1.165, 1.54) is 60.3 Å². The second kappa shape index (κ2) is 9.59. The number of nitrogens with zero attached hydrogens (tertiary/aromatic N) is 3. The van der Waals surface area contributed by atoms with Gasteiger partial charge in [-0.25, -0.2) is 26.9 Å². The van der Waals surface area contributed by atoms with E-state index in [4.69, 9.17) is 4.74 Å². The van der Waals surface area contributed by atoms with Crippen molar-refractivity contribution in [2.75, 3.05) is 7.11 Å². The molecule has 1 aromatic heterocycles. The van der Waals surface area contributed by atoms with Crippen molar-refractivity contribution in [2.45, 2.75) is 23.7 Å². The number of hydrogen-bond donors (Lipinski definition) is 0. The van der Waals surface area contributed by atoms with Gasteiger partial charge in [-0.3, -0.25) is 0 Å². The van der Waals surface area contributed by atoms with Crippen LogP contribution in [0.5, 0.6) is 0 Å². The van der Waals surface area contributed by atoms with Gasteiger partial charge in [0.05, 0.1) is 16.1 Å². The third-order valence-corrected chi connectivity index (χ3v) is 6.77. The Morgan fingerprint density at radius 3 is 2.11 bits per heavy atom. The van der Waals surface area contributed by atoms with Gasteiger partial charge in [0.1, 0.15) is 17.7 Å². The summed E-state index contributed by atoms with van der Waals surface area (Å²) in [6.45, 7) is 1.69. The first-order valence-electron chi connectivity index (χ1n) is 10.3. The van der Waals surface area contributed by atoms with Gasteiger partial charge in [-0.2, -0.15) is 8.78 Å². The minimum Gasteiger partial charge on any atom is -0.374 e. The van der Waals surface area contributed by atoms with Crippen LogP contribution in [0.2, 0.25) is 0 Å². The maximum Gasteiger partial charge on any atom is 0.341 e. The molecular weight excluding hydrogens is 486 g/mol. The lowest BCUT2D eigenvalue weighted by atomic mass is 10.0. The van der Waals surface area contributed by atoms with Crippen LogP contribution in [0.1, 0.15) is 18.9 Å². The summed E-state index contributed by atoms with van der Waals surface area (Å²) in [6.07, 6.45) is -0.546. The molecular formula is C24H19F4N3O3S. The van der Waals surface area contributed by atoms with E-state index in [1.54, 1.807) is 13.0 Å². The third-order valence-electron chi connectivity index (χ3n) is 5.37. The smallest absolute Gasteiger partial charge is 0.341 e. The summed E-state index contributed by atoms with van der Waals surface area (Å²) >= 11 is 0. The molecule has 0 amide bonds. The molecule has 0 N–H and O–H groups in total. The average molecular weight is 505 g/mol. The van der Waals surface area contributed by atoms with Crippen molar-refractivity contribution in [3.8, 4) is 28.2 Å². The molecule has 3 aromatic carbocycles. The molecule has 0 spiro atoms. The molecule has 0 saturated carbocycles. The first kappa shape index (κ1) is 24.6. The summed E-state index contributed by atoms with van der Waals surface area (Å²) in [5, 5.41) is 4.36. The summed E-state index contributed by atoms with van der Waals surface area (Å²) in [5.41, 5.74) is 1.49. The Balaban J connectivity index is 1.80. The van der Waals surface area contributed by atoms with Crippen molar-refractivity contribution < 1.29 is 30.7 Å². The Kier molecular flexibility index (Phi) is 6.73. The van der Waals surface area contributed by atoms with Crippen molar-refractivity contribution in [3.05, 3.63) is 84.2 Å². The molecule has 0 bridgehead atoms. The maximum absolute atomic E-state index is 15.2. The second-order valence-corrected chi connectivity index (χ2v) is 9.50. The van der Waals surface area contributed by atoms with Gasteiger partial charge in [-0.1, -0.05) is 18.2 Å². The van der Waals surface area contributed by atoms with Gasteiger partial charge in [-0.05, 0) is 66.6 Å². The molecule has 182 valence electrons. The first-order chi connectivity index (χ1) is 16.6.